The number of amidine groups is 1. The summed E-state index contributed by atoms with van der Waals surface area (Å²) in [5.74, 6) is 0.527. The van der Waals surface area contributed by atoms with E-state index in [9.17, 15) is 18.0 Å². The van der Waals surface area contributed by atoms with Crippen LogP contribution >= 0.6 is 23.2 Å². The molecule has 5 rings (SSSR count). The second kappa shape index (κ2) is 16.9. The van der Waals surface area contributed by atoms with Gasteiger partial charge in [0.25, 0.3) is 0 Å². The van der Waals surface area contributed by atoms with Crippen LogP contribution < -0.4 is 9.46 Å². The molecular weight excluding hydrogens is 737 g/mol. The van der Waals surface area contributed by atoms with Crippen molar-refractivity contribution in [2.45, 2.75) is 56.6 Å². The largest absolute Gasteiger partial charge is 0.493 e. The van der Waals surface area contributed by atoms with Crippen LogP contribution in [0.1, 0.15) is 62.9 Å². The van der Waals surface area contributed by atoms with Gasteiger partial charge in [-0.05, 0) is 81.3 Å². The summed E-state index contributed by atoms with van der Waals surface area (Å²) >= 11 is 12.6. The zero-order valence-corrected chi connectivity index (χ0v) is 32.9. The average Bonchev–Trinajstić information content (AvgIpc) is 3.50. The quantitative estimate of drug-likeness (QED) is 0.247. The number of rotatable bonds is 11. The van der Waals surface area contributed by atoms with Gasteiger partial charge in [0.05, 0.1) is 42.1 Å². The van der Waals surface area contributed by atoms with Gasteiger partial charge in [0.2, 0.25) is 15.9 Å². The number of carbonyl (C=O) groups excluding carboxylic acids is 2. The van der Waals surface area contributed by atoms with Crippen molar-refractivity contribution in [2.75, 3.05) is 52.9 Å². The second-order valence-electron chi connectivity index (χ2n) is 14.0. The fraction of sp³-hybridized carbons (Fsp3) is 0.421. The van der Waals surface area contributed by atoms with E-state index in [1.807, 2.05) is 36.1 Å². The summed E-state index contributed by atoms with van der Waals surface area (Å²) in [4.78, 5) is 39.9. The third-order valence-corrected chi connectivity index (χ3v) is 11.2. The Bertz CT molecular complexity index is 1970. The molecule has 2 aliphatic rings. The number of carbonyl (C=O) groups is 2. The van der Waals surface area contributed by atoms with Gasteiger partial charge in [0.15, 0.2) is 0 Å². The lowest BCUT2D eigenvalue weighted by molar-refractivity contribution is -0.131. The maximum atomic E-state index is 15.0. The monoisotopic (exact) mass is 781 g/mol. The Hall–Kier alpha value is -4.19. The standard InChI is InChI=1S/C38H45Cl2N7O5S/c1-6-52-32-17-16-30(53(50,51)43-38(2,3)4)24-31(32)36-42-34(26-8-12-28(39)13-9-26)35(27-10-14-29(40)15-11-27)47(36)37(49)46-22-20-45(21-23-46)25-33(48)44(5)19-7-18-41/h8-17,24,34-35,43H,6-7,19-23,25H2,1-5H3/t34-,35+/m0/s1. The number of nitrogens with zero attached hydrogens (tertiary/aromatic N) is 6. The van der Waals surface area contributed by atoms with Crippen molar-refractivity contribution in [1.29, 1.82) is 5.26 Å². The number of ether oxygens (including phenoxy) is 1. The Labute approximate surface area is 322 Å². The average molecular weight is 783 g/mol. The van der Waals surface area contributed by atoms with Crippen LogP contribution in [0, 0.1) is 11.3 Å². The van der Waals surface area contributed by atoms with Crippen LogP contribution in [-0.4, -0.2) is 104 Å². The maximum Gasteiger partial charge on any atom is 0.326 e. The van der Waals surface area contributed by atoms with Gasteiger partial charge in [0, 0.05) is 55.4 Å². The molecule has 2 aliphatic heterocycles. The van der Waals surface area contributed by atoms with Gasteiger partial charge < -0.3 is 14.5 Å². The number of amides is 3. The highest BCUT2D eigenvalue weighted by molar-refractivity contribution is 7.89. The Morgan fingerprint density at radius 1 is 0.981 bits per heavy atom. The highest BCUT2D eigenvalue weighted by Crippen LogP contribution is 2.46. The van der Waals surface area contributed by atoms with Crippen LogP contribution in [0.3, 0.4) is 0 Å². The Balaban J connectivity index is 1.59. The van der Waals surface area contributed by atoms with E-state index in [1.54, 1.807) is 72.9 Å². The summed E-state index contributed by atoms with van der Waals surface area (Å²) in [5, 5.41) is 9.98. The zero-order chi connectivity index (χ0) is 38.5. The van der Waals surface area contributed by atoms with Gasteiger partial charge in [-0.15, -0.1) is 0 Å². The van der Waals surface area contributed by atoms with Crippen LogP contribution in [-0.2, 0) is 14.8 Å². The van der Waals surface area contributed by atoms with E-state index >= 15 is 0 Å². The minimum atomic E-state index is -3.98. The molecular formula is C38H45Cl2N7O5S. The molecule has 2 atom stereocenters. The predicted octanol–water partition coefficient (Wildman–Crippen LogP) is 6.12. The van der Waals surface area contributed by atoms with Gasteiger partial charge in [-0.3, -0.25) is 19.6 Å². The summed E-state index contributed by atoms with van der Waals surface area (Å²) in [7, 11) is -2.31. The molecule has 1 saturated heterocycles. The maximum absolute atomic E-state index is 15.0. The molecule has 12 nitrogen and oxygen atoms in total. The van der Waals surface area contributed by atoms with Gasteiger partial charge >= 0.3 is 6.03 Å². The summed E-state index contributed by atoms with van der Waals surface area (Å²) in [6, 6.07) is 19.6. The fourth-order valence-electron chi connectivity index (χ4n) is 6.35. The van der Waals surface area contributed by atoms with E-state index in [-0.39, 0.29) is 42.2 Å². The number of halogens is 2. The molecule has 3 aromatic carbocycles. The van der Waals surface area contributed by atoms with Crippen LogP contribution in [0.15, 0.2) is 76.6 Å². The van der Waals surface area contributed by atoms with Gasteiger partial charge in [-0.25, -0.2) is 17.9 Å². The molecule has 0 aromatic heterocycles. The molecule has 3 aromatic rings. The predicted molar refractivity (Wildman–Crippen MR) is 206 cm³/mol. The summed E-state index contributed by atoms with van der Waals surface area (Å²) < 4.78 is 36.0. The van der Waals surface area contributed by atoms with Crippen molar-refractivity contribution in [1.82, 2.24) is 24.3 Å². The first-order valence-electron chi connectivity index (χ1n) is 17.4. The van der Waals surface area contributed by atoms with Gasteiger partial charge in [0.1, 0.15) is 17.6 Å². The highest BCUT2D eigenvalue weighted by atomic mass is 35.5. The number of sulfonamides is 1. The number of likely N-dealkylation sites (N-methyl/N-ethyl adjacent to an activating group) is 1. The molecule has 0 bridgehead atoms. The third kappa shape index (κ3) is 9.68. The minimum absolute atomic E-state index is 0.00279. The molecule has 3 amide bonds. The molecule has 53 heavy (non-hydrogen) atoms. The van der Waals surface area contributed by atoms with Gasteiger partial charge in [-0.1, -0.05) is 47.5 Å². The van der Waals surface area contributed by atoms with E-state index in [4.69, 9.17) is 38.2 Å². The SMILES string of the molecule is CCOc1ccc(S(=O)(=O)NC(C)(C)C)cc1C1=N[C@@H](c2ccc(Cl)cc2)[C@@H](c2ccc(Cl)cc2)N1C(=O)N1CCN(CC(=O)N(C)CCC#N)CC1. The topological polar surface area (TPSA) is 139 Å². The molecule has 15 heteroatoms. The molecule has 1 N–H and O–H groups in total. The highest BCUT2D eigenvalue weighted by Gasteiger charge is 2.45. The van der Waals surface area contributed by atoms with E-state index in [0.717, 1.165) is 11.1 Å². The first kappa shape index (κ1) is 40.0. The van der Waals surface area contributed by atoms with Crippen LogP contribution in [0.4, 0.5) is 4.79 Å². The van der Waals surface area contributed by atoms with Crippen LogP contribution in [0.2, 0.25) is 10.0 Å². The number of piperazine rings is 1. The van der Waals surface area contributed by atoms with Crippen molar-refractivity contribution < 1.29 is 22.7 Å². The number of urea groups is 1. The second-order valence-corrected chi connectivity index (χ2v) is 16.6. The molecule has 0 aliphatic carbocycles. The summed E-state index contributed by atoms with van der Waals surface area (Å²) in [6.07, 6.45) is 0.253. The van der Waals surface area contributed by atoms with Crippen LogP contribution in [0.5, 0.6) is 5.75 Å². The molecule has 0 spiro atoms. The Morgan fingerprint density at radius 3 is 2.15 bits per heavy atom. The first-order valence-corrected chi connectivity index (χ1v) is 19.7. The lowest BCUT2D eigenvalue weighted by atomic mass is 9.93. The molecule has 0 saturated carbocycles. The molecule has 1 fully saturated rings. The Kier molecular flexibility index (Phi) is 12.7. The van der Waals surface area contributed by atoms with E-state index in [1.165, 1.54) is 12.1 Å². The van der Waals surface area contributed by atoms with E-state index < -0.39 is 27.6 Å². The van der Waals surface area contributed by atoms with Crippen molar-refractivity contribution in [3.63, 3.8) is 0 Å². The van der Waals surface area contributed by atoms with Crippen molar-refractivity contribution in [3.05, 3.63) is 93.5 Å². The lowest BCUT2D eigenvalue weighted by Crippen LogP contribution is -2.55. The number of benzene rings is 3. The van der Waals surface area contributed by atoms with E-state index in [2.05, 4.69) is 10.8 Å². The number of aliphatic imine (C=N–C) groups is 1. The summed E-state index contributed by atoms with van der Waals surface area (Å²) in [6.45, 7) is 9.49. The number of hydrogen-bond donors (Lipinski definition) is 1. The number of nitriles is 1. The normalized spacial score (nSPS) is 18.0. The molecule has 0 radical (unpaired) electrons. The summed E-state index contributed by atoms with van der Waals surface area (Å²) in [5.41, 5.74) is 1.16. The van der Waals surface area contributed by atoms with Crippen LogP contribution in [0.25, 0.3) is 0 Å². The molecule has 2 heterocycles. The molecule has 282 valence electrons. The lowest BCUT2D eigenvalue weighted by Gasteiger charge is -2.39. The zero-order valence-electron chi connectivity index (χ0n) is 30.6. The first-order chi connectivity index (χ1) is 25.1. The number of hydrogen-bond acceptors (Lipinski definition) is 8. The molecule has 0 unspecified atom stereocenters. The smallest absolute Gasteiger partial charge is 0.326 e. The van der Waals surface area contributed by atoms with Crippen molar-refractivity contribution >= 4 is 51.0 Å². The van der Waals surface area contributed by atoms with E-state index in [0.29, 0.717) is 54.1 Å². The Morgan fingerprint density at radius 2 is 1.58 bits per heavy atom. The van der Waals surface area contributed by atoms with Crippen molar-refractivity contribution in [2.24, 2.45) is 4.99 Å². The third-order valence-electron chi connectivity index (χ3n) is 8.93. The van der Waals surface area contributed by atoms with Gasteiger partial charge in [-0.2, -0.15) is 5.26 Å². The number of nitrogens with one attached hydrogen (secondary N) is 1. The fourth-order valence-corrected chi connectivity index (χ4v) is 8.05. The minimum Gasteiger partial charge on any atom is -0.493 e. The van der Waals surface area contributed by atoms with Crippen molar-refractivity contribution in [3.8, 4) is 11.8 Å².